The highest BCUT2D eigenvalue weighted by molar-refractivity contribution is 7.80. The van der Waals surface area contributed by atoms with Gasteiger partial charge in [0, 0.05) is 23.7 Å². The Hall–Kier alpha value is -1.42. The maximum Gasteiger partial charge on any atom is 0.254 e. The van der Waals surface area contributed by atoms with E-state index in [9.17, 15) is 4.79 Å². The quantitative estimate of drug-likeness (QED) is 0.831. The number of rotatable bonds is 5. The second-order valence-electron chi connectivity index (χ2n) is 4.53. The van der Waals surface area contributed by atoms with Gasteiger partial charge in [-0.3, -0.25) is 4.79 Å². The molecule has 1 amide bonds. The predicted molar refractivity (Wildman–Crippen MR) is 78.8 cm³/mol. The Morgan fingerprint density at radius 1 is 1.28 bits per heavy atom. The van der Waals surface area contributed by atoms with Crippen LogP contribution in [0.3, 0.4) is 0 Å². The van der Waals surface area contributed by atoms with Gasteiger partial charge in [-0.15, -0.1) is 0 Å². The third-order valence-corrected chi connectivity index (χ3v) is 3.00. The van der Waals surface area contributed by atoms with Crippen LogP contribution in [-0.2, 0) is 0 Å². The molecule has 4 heteroatoms. The molecule has 0 fully saturated rings. The summed E-state index contributed by atoms with van der Waals surface area (Å²) in [4.78, 5) is 14.5. The Balaban J connectivity index is 2.91. The first-order chi connectivity index (χ1) is 8.47. The minimum absolute atomic E-state index is 0.0568. The molecule has 0 radical (unpaired) electrons. The molecule has 1 rings (SSSR count). The summed E-state index contributed by atoms with van der Waals surface area (Å²) < 4.78 is 0. The predicted octanol–water partition coefficient (Wildman–Crippen LogP) is 2.58. The molecule has 0 aliphatic carbocycles. The first kappa shape index (κ1) is 14.6. The van der Waals surface area contributed by atoms with Crippen molar-refractivity contribution < 1.29 is 4.79 Å². The maximum atomic E-state index is 12.3. The van der Waals surface area contributed by atoms with Gasteiger partial charge in [-0.2, -0.15) is 0 Å². The lowest BCUT2D eigenvalue weighted by Gasteiger charge is -2.26. The van der Waals surface area contributed by atoms with Crippen LogP contribution in [0.2, 0.25) is 0 Å². The molecule has 1 aromatic rings. The van der Waals surface area contributed by atoms with E-state index in [-0.39, 0.29) is 11.9 Å². The van der Waals surface area contributed by atoms with Crippen LogP contribution in [-0.4, -0.2) is 28.4 Å². The first-order valence-electron chi connectivity index (χ1n) is 6.18. The van der Waals surface area contributed by atoms with Crippen molar-refractivity contribution in [3.8, 4) is 0 Å². The number of carbonyl (C=O) groups excluding carboxylic acids is 1. The van der Waals surface area contributed by atoms with Gasteiger partial charge in [-0.05, 0) is 32.4 Å². The van der Waals surface area contributed by atoms with E-state index in [2.05, 4.69) is 6.92 Å². The van der Waals surface area contributed by atoms with Crippen LogP contribution in [0, 0.1) is 0 Å². The highest BCUT2D eigenvalue weighted by Crippen LogP contribution is 2.11. The van der Waals surface area contributed by atoms with Gasteiger partial charge in [-0.25, -0.2) is 0 Å². The fraction of sp³-hybridized carbons (Fsp3) is 0.429. The lowest BCUT2D eigenvalue weighted by atomic mass is 10.1. The molecule has 0 spiro atoms. The molecule has 0 aromatic heterocycles. The lowest BCUT2D eigenvalue weighted by Crippen LogP contribution is -2.37. The highest BCUT2D eigenvalue weighted by Gasteiger charge is 2.17. The fourth-order valence-electron chi connectivity index (χ4n) is 1.78. The fourth-order valence-corrected chi connectivity index (χ4v) is 1.91. The second kappa shape index (κ2) is 6.50. The smallest absolute Gasteiger partial charge is 0.254 e. The summed E-state index contributed by atoms with van der Waals surface area (Å²) in [6, 6.07) is 7.34. The Morgan fingerprint density at radius 2 is 1.78 bits per heavy atom. The van der Waals surface area contributed by atoms with Gasteiger partial charge in [0.05, 0.1) is 0 Å². The van der Waals surface area contributed by atoms with Crippen LogP contribution >= 0.6 is 12.2 Å². The van der Waals surface area contributed by atoms with Crippen LogP contribution in [0.4, 0.5) is 0 Å². The maximum absolute atomic E-state index is 12.3. The Morgan fingerprint density at radius 3 is 2.17 bits per heavy atom. The second-order valence-corrected chi connectivity index (χ2v) is 4.97. The highest BCUT2D eigenvalue weighted by atomic mass is 32.1. The summed E-state index contributed by atoms with van der Waals surface area (Å²) in [5.74, 6) is 0.0568. The van der Waals surface area contributed by atoms with Crippen LogP contribution in [0.1, 0.15) is 43.1 Å². The van der Waals surface area contributed by atoms with Gasteiger partial charge in [0.15, 0.2) is 0 Å². The molecule has 0 aliphatic heterocycles. The minimum atomic E-state index is 0.0568. The summed E-state index contributed by atoms with van der Waals surface area (Å²) in [7, 11) is 0. The lowest BCUT2D eigenvalue weighted by molar-refractivity contribution is 0.0706. The molecule has 0 saturated heterocycles. The number of nitrogens with zero attached hydrogens (tertiary/aromatic N) is 1. The minimum Gasteiger partial charge on any atom is -0.389 e. The molecule has 0 aliphatic rings. The number of benzene rings is 1. The van der Waals surface area contributed by atoms with Crippen LogP contribution in [0.25, 0.3) is 0 Å². The van der Waals surface area contributed by atoms with Crippen molar-refractivity contribution in [2.75, 3.05) is 6.54 Å². The number of hydrogen-bond donors (Lipinski definition) is 1. The molecule has 98 valence electrons. The average Bonchev–Trinajstić information content (AvgIpc) is 2.35. The van der Waals surface area contributed by atoms with Gasteiger partial charge in [0.25, 0.3) is 5.91 Å². The van der Waals surface area contributed by atoms with E-state index in [1.165, 1.54) is 0 Å². The third kappa shape index (κ3) is 3.53. The molecule has 0 bridgehead atoms. The van der Waals surface area contributed by atoms with Gasteiger partial charge >= 0.3 is 0 Å². The van der Waals surface area contributed by atoms with Crippen LogP contribution in [0.15, 0.2) is 24.3 Å². The molecule has 0 heterocycles. The van der Waals surface area contributed by atoms with Gasteiger partial charge in [0.1, 0.15) is 4.99 Å². The molecule has 0 unspecified atom stereocenters. The largest absolute Gasteiger partial charge is 0.389 e. The monoisotopic (exact) mass is 264 g/mol. The normalized spacial score (nSPS) is 10.4. The molecule has 0 atom stereocenters. The molecule has 1 aromatic carbocycles. The molecule has 3 nitrogen and oxygen atoms in total. The topological polar surface area (TPSA) is 46.3 Å². The summed E-state index contributed by atoms with van der Waals surface area (Å²) in [5, 5.41) is 0. The van der Waals surface area contributed by atoms with Gasteiger partial charge in [0.2, 0.25) is 0 Å². The van der Waals surface area contributed by atoms with Crippen LogP contribution < -0.4 is 5.73 Å². The summed E-state index contributed by atoms with van der Waals surface area (Å²) >= 11 is 4.89. The number of nitrogens with two attached hydrogens (primary N) is 1. The van der Waals surface area contributed by atoms with E-state index < -0.39 is 0 Å². The van der Waals surface area contributed by atoms with Gasteiger partial charge in [-0.1, -0.05) is 31.3 Å². The average molecular weight is 264 g/mol. The zero-order valence-electron chi connectivity index (χ0n) is 11.1. The Kier molecular flexibility index (Phi) is 5.28. The number of amides is 1. The number of thiocarbonyl (C=S) groups is 1. The molecule has 18 heavy (non-hydrogen) atoms. The van der Waals surface area contributed by atoms with Crippen molar-refractivity contribution in [1.82, 2.24) is 4.90 Å². The van der Waals surface area contributed by atoms with E-state index >= 15 is 0 Å². The van der Waals surface area contributed by atoms with Crippen LogP contribution in [0.5, 0.6) is 0 Å². The molecule has 2 N–H and O–H groups in total. The molecular formula is C14H20N2OS. The molecular weight excluding hydrogens is 244 g/mol. The zero-order valence-corrected chi connectivity index (χ0v) is 12.0. The van der Waals surface area contributed by atoms with Crippen molar-refractivity contribution in [2.24, 2.45) is 5.73 Å². The molecule has 0 saturated carbocycles. The number of carbonyl (C=O) groups is 1. The summed E-state index contributed by atoms with van der Waals surface area (Å²) in [6.45, 7) is 6.89. The van der Waals surface area contributed by atoms with Crippen molar-refractivity contribution in [3.63, 3.8) is 0 Å². The van der Waals surface area contributed by atoms with Crippen molar-refractivity contribution in [2.45, 2.75) is 33.2 Å². The SMILES string of the molecule is CCCN(C(=O)c1ccc(C(N)=S)cc1)C(C)C. The van der Waals surface area contributed by atoms with E-state index in [0.29, 0.717) is 10.6 Å². The zero-order chi connectivity index (χ0) is 13.7. The first-order valence-corrected chi connectivity index (χ1v) is 6.59. The Labute approximate surface area is 114 Å². The summed E-state index contributed by atoms with van der Waals surface area (Å²) in [6.07, 6.45) is 0.953. The van der Waals surface area contributed by atoms with Crippen molar-refractivity contribution >= 4 is 23.1 Å². The van der Waals surface area contributed by atoms with E-state index in [4.69, 9.17) is 18.0 Å². The van der Waals surface area contributed by atoms with Crippen molar-refractivity contribution in [1.29, 1.82) is 0 Å². The Bertz CT molecular complexity index is 426. The summed E-state index contributed by atoms with van der Waals surface area (Å²) in [5.41, 5.74) is 6.99. The number of hydrogen-bond acceptors (Lipinski definition) is 2. The van der Waals surface area contributed by atoms with Gasteiger partial charge < -0.3 is 10.6 Å². The van der Waals surface area contributed by atoms with E-state index in [1.54, 1.807) is 24.3 Å². The third-order valence-electron chi connectivity index (χ3n) is 2.77. The standard InChI is InChI=1S/C14H20N2OS/c1-4-9-16(10(2)3)14(17)12-7-5-11(6-8-12)13(15)18/h5-8,10H,4,9H2,1-3H3,(H2,15,18). The van der Waals surface area contributed by atoms with E-state index in [0.717, 1.165) is 18.5 Å². The van der Waals surface area contributed by atoms with Crippen molar-refractivity contribution in [3.05, 3.63) is 35.4 Å². The van der Waals surface area contributed by atoms with E-state index in [1.807, 2.05) is 18.7 Å².